The van der Waals surface area contributed by atoms with Gasteiger partial charge in [0.15, 0.2) is 0 Å². The largest absolute Gasteiger partial charge is 0.481 e. The molecule has 0 rings (SSSR count). The number of rotatable bonds is 13. The fourth-order valence-electron chi connectivity index (χ4n) is 1.95. The molecule has 0 aliphatic rings. The number of hydrogen-bond acceptors (Lipinski definition) is 8. The van der Waals surface area contributed by atoms with Gasteiger partial charge >= 0.3 is 17.9 Å². The summed E-state index contributed by atoms with van der Waals surface area (Å²) < 4.78 is 0. The summed E-state index contributed by atoms with van der Waals surface area (Å²) in [6, 6.07) is -5.91. The third-order valence-corrected chi connectivity index (χ3v) is 3.50. The maximum atomic E-state index is 12.3. The van der Waals surface area contributed by atoms with E-state index in [-0.39, 0.29) is 6.42 Å². The topological polar surface area (TPSA) is 245 Å². The number of nitrogens with one attached hydrogen (secondary N) is 3. The van der Waals surface area contributed by atoms with E-state index in [4.69, 9.17) is 21.1 Å². The van der Waals surface area contributed by atoms with Gasteiger partial charge in [-0.3, -0.25) is 24.0 Å². The molecule has 0 fully saturated rings. The van der Waals surface area contributed by atoms with E-state index in [1.165, 1.54) is 6.92 Å². The van der Waals surface area contributed by atoms with Crippen LogP contribution in [0.15, 0.2) is 0 Å². The highest BCUT2D eigenvalue weighted by molar-refractivity contribution is 5.94. The van der Waals surface area contributed by atoms with Gasteiger partial charge in [-0.1, -0.05) is 0 Å². The van der Waals surface area contributed by atoms with Crippen molar-refractivity contribution in [1.82, 2.24) is 16.0 Å². The lowest BCUT2D eigenvalue weighted by atomic mass is 10.1. The van der Waals surface area contributed by atoms with Gasteiger partial charge in [0.25, 0.3) is 0 Å². The lowest BCUT2D eigenvalue weighted by molar-refractivity contribution is -0.147. The molecule has 14 nitrogen and oxygen atoms in total. The van der Waals surface area contributed by atoms with E-state index in [9.17, 15) is 33.9 Å². The van der Waals surface area contributed by atoms with Crippen molar-refractivity contribution < 1.29 is 49.2 Å². The molecule has 0 spiro atoms. The Balaban J connectivity index is 5.21. The number of carbonyl (C=O) groups excluding carboxylic acids is 3. The average Bonchev–Trinajstić information content (AvgIpc) is 2.60. The first-order valence-electron chi connectivity index (χ1n) is 8.33. The number of carboxylic acid groups (broad SMARTS) is 3. The smallest absolute Gasteiger partial charge is 0.326 e. The Labute approximate surface area is 164 Å². The second kappa shape index (κ2) is 12.2. The summed E-state index contributed by atoms with van der Waals surface area (Å²) >= 11 is 0. The Hall–Kier alpha value is -3.26. The summed E-state index contributed by atoms with van der Waals surface area (Å²) in [5.41, 5.74) is 5.37. The van der Waals surface area contributed by atoms with Crippen molar-refractivity contribution in [1.29, 1.82) is 0 Å². The second-order valence-electron chi connectivity index (χ2n) is 6.02. The molecule has 4 atom stereocenters. The van der Waals surface area contributed by atoms with Gasteiger partial charge in [0.1, 0.15) is 18.1 Å². The van der Waals surface area contributed by atoms with Crippen molar-refractivity contribution in [2.45, 2.75) is 50.4 Å². The number of aliphatic carboxylic acids is 3. The van der Waals surface area contributed by atoms with Crippen LogP contribution in [0.5, 0.6) is 0 Å². The highest BCUT2D eigenvalue weighted by Gasteiger charge is 2.30. The van der Waals surface area contributed by atoms with Crippen LogP contribution in [0.1, 0.15) is 26.2 Å². The molecule has 0 aromatic heterocycles. The SMILES string of the molecule is CC(N)C(=O)NC(CCC(=O)O)C(=O)NC(CO)C(=O)NC(CC(=O)O)C(=O)O. The Morgan fingerprint density at radius 3 is 1.69 bits per heavy atom. The molecule has 14 heteroatoms. The van der Waals surface area contributed by atoms with Crippen LogP contribution < -0.4 is 21.7 Å². The van der Waals surface area contributed by atoms with Crippen molar-refractivity contribution in [2.24, 2.45) is 5.73 Å². The summed E-state index contributed by atoms with van der Waals surface area (Å²) in [6.07, 6.45) is -1.80. The first-order chi connectivity index (χ1) is 13.4. The molecule has 0 radical (unpaired) electrons. The average molecular weight is 420 g/mol. The van der Waals surface area contributed by atoms with Gasteiger partial charge in [0, 0.05) is 6.42 Å². The second-order valence-corrected chi connectivity index (χ2v) is 6.02. The minimum atomic E-state index is -1.81. The van der Waals surface area contributed by atoms with Crippen molar-refractivity contribution in [3.05, 3.63) is 0 Å². The molecular weight excluding hydrogens is 396 g/mol. The lowest BCUT2D eigenvalue weighted by Crippen LogP contribution is -2.58. The predicted octanol–water partition coefficient (Wildman–Crippen LogP) is -3.80. The summed E-state index contributed by atoms with van der Waals surface area (Å²) in [6.45, 7) is 0.337. The summed E-state index contributed by atoms with van der Waals surface area (Å²) in [5, 5.41) is 41.7. The maximum absolute atomic E-state index is 12.3. The van der Waals surface area contributed by atoms with Crippen LogP contribution in [0.4, 0.5) is 0 Å². The van der Waals surface area contributed by atoms with E-state index in [1.54, 1.807) is 0 Å². The van der Waals surface area contributed by atoms with Gasteiger partial charge in [-0.05, 0) is 13.3 Å². The number of nitrogens with two attached hydrogens (primary N) is 1. The number of aliphatic hydroxyl groups excluding tert-OH is 1. The lowest BCUT2D eigenvalue weighted by Gasteiger charge is -2.23. The Kier molecular flexibility index (Phi) is 10.9. The van der Waals surface area contributed by atoms with Crippen molar-refractivity contribution >= 4 is 35.6 Å². The van der Waals surface area contributed by atoms with Gasteiger partial charge in [0.2, 0.25) is 17.7 Å². The Morgan fingerprint density at radius 1 is 0.793 bits per heavy atom. The zero-order chi connectivity index (χ0) is 22.7. The monoisotopic (exact) mass is 420 g/mol. The molecule has 0 saturated carbocycles. The van der Waals surface area contributed by atoms with Crippen LogP contribution in [0.25, 0.3) is 0 Å². The first kappa shape index (κ1) is 25.7. The molecule has 0 heterocycles. The van der Waals surface area contributed by atoms with Gasteiger partial charge in [-0.25, -0.2) is 4.79 Å². The molecule has 0 aromatic carbocycles. The van der Waals surface area contributed by atoms with E-state index >= 15 is 0 Å². The normalized spacial score (nSPS) is 14.6. The van der Waals surface area contributed by atoms with Gasteiger partial charge < -0.3 is 42.1 Å². The number of carboxylic acids is 3. The first-order valence-corrected chi connectivity index (χ1v) is 8.33. The quantitative estimate of drug-likeness (QED) is 0.143. The Bertz CT molecular complexity index is 651. The van der Waals surface area contributed by atoms with Crippen LogP contribution >= 0.6 is 0 Å². The predicted molar refractivity (Wildman–Crippen MR) is 93.3 cm³/mol. The molecule has 3 amide bonds. The molecule has 29 heavy (non-hydrogen) atoms. The summed E-state index contributed by atoms with van der Waals surface area (Å²) in [7, 11) is 0. The van der Waals surface area contributed by atoms with Crippen molar-refractivity contribution in [2.75, 3.05) is 6.61 Å². The third-order valence-electron chi connectivity index (χ3n) is 3.50. The van der Waals surface area contributed by atoms with E-state index in [2.05, 4.69) is 5.32 Å². The Morgan fingerprint density at radius 2 is 1.28 bits per heavy atom. The molecule has 0 bridgehead atoms. The standard InChI is InChI=1S/C15H24N4O10/c1-6(16)12(25)17-7(2-3-10(21)22)13(26)19-9(5-20)14(27)18-8(15(28)29)4-11(23)24/h6-9,20H,2-5,16H2,1H3,(H,17,25)(H,18,27)(H,19,26)(H,21,22)(H,23,24)(H,28,29). The van der Waals surface area contributed by atoms with Gasteiger partial charge in [-0.15, -0.1) is 0 Å². The molecule has 0 aliphatic heterocycles. The zero-order valence-corrected chi connectivity index (χ0v) is 15.5. The molecule has 164 valence electrons. The third kappa shape index (κ3) is 10.0. The minimum absolute atomic E-state index is 0.351. The molecule has 0 aliphatic carbocycles. The maximum Gasteiger partial charge on any atom is 0.326 e. The number of amides is 3. The van der Waals surface area contributed by atoms with Gasteiger partial charge in [-0.2, -0.15) is 0 Å². The molecule has 0 saturated heterocycles. The van der Waals surface area contributed by atoms with Crippen LogP contribution in [0.2, 0.25) is 0 Å². The summed E-state index contributed by atoms with van der Waals surface area (Å²) in [5.74, 6) is -7.40. The molecule has 4 unspecified atom stereocenters. The van der Waals surface area contributed by atoms with E-state index in [1.807, 2.05) is 10.6 Å². The van der Waals surface area contributed by atoms with Crippen LogP contribution in [-0.2, 0) is 28.8 Å². The van der Waals surface area contributed by atoms with E-state index in [0.717, 1.165) is 0 Å². The van der Waals surface area contributed by atoms with Crippen molar-refractivity contribution in [3.63, 3.8) is 0 Å². The molecule has 9 N–H and O–H groups in total. The van der Waals surface area contributed by atoms with Crippen LogP contribution in [0, 0.1) is 0 Å². The minimum Gasteiger partial charge on any atom is -0.481 e. The highest BCUT2D eigenvalue weighted by Crippen LogP contribution is 2.01. The highest BCUT2D eigenvalue weighted by atomic mass is 16.4. The van der Waals surface area contributed by atoms with Crippen LogP contribution in [-0.4, -0.2) is 86.8 Å². The molecular formula is C15H24N4O10. The van der Waals surface area contributed by atoms with Gasteiger partial charge in [0.05, 0.1) is 19.1 Å². The molecule has 0 aromatic rings. The van der Waals surface area contributed by atoms with Crippen LogP contribution in [0.3, 0.4) is 0 Å². The van der Waals surface area contributed by atoms with Crippen molar-refractivity contribution in [3.8, 4) is 0 Å². The number of hydrogen-bond donors (Lipinski definition) is 8. The number of carbonyl (C=O) groups is 6. The zero-order valence-electron chi connectivity index (χ0n) is 15.5. The van der Waals surface area contributed by atoms with E-state index < -0.39 is 79.2 Å². The number of aliphatic hydroxyl groups is 1. The fraction of sp³-hybridized carbons (Fsp3) is 0.600. The fourth-order valence-corrected chi connectivity index (χ4v) is 1.95. The van der Waals surface area contributed by atoms with E-state index in [0.29, 0.717) is 0 Å². The summed E-state index contributed by atoms with van der Waals surface area (Å²) in [4.78, 5) is 68.5.